The minimum Gasteiger partial charge on any atom is -0.504 e. The Hall–Kier alpha value is -2.21. The van der Waals surface area contributed by atoms with Gasteiger partial charge in [-0.15, -0.1) is 0 Å². The number of fused-ring (bicyclic) bond motifs is 1. The Morgan fingerprint density at radius 1 is 1.12 bits per heavy atom. The Labute approximate surface area is 153 Å². The number of likely N-dealkylation sites (tertiary alicyclic amines) is 1. The van der Waals surface area contributed by atoms with Crippen LogP contribution in [0.1, 0.15) is 30.4 Å². The Morgan fingerprint density at radius 3 is 2.54 bits per heavy atom. The number of benzene rings is 1. The SMILES string of the molecule is COC1=C(OC)[C@]23CCc4ccc(OC)c(O)c4[C@]2(CCN3C)CC1=O. The van der Waals surface area contributed by atoms with Crippen LogP contribution in [0.2, 0.25) is 0 Å². The normalized spacial score (nSPS) is 30.5. The third-order valence-electron chi connectivity index (χ3n) is 6.70. The van der Waals surface area contributed by atoms with Crippen LogP contribution in [0.25, 0.3) is 0 Å². The van der Waals surface area contributed by atoms with Gasteiger partial charge in [-0.25, -0.2) is 0 Å². The summed E-state index contributed by atoms with van der Waals surface area (Å²) < 4.78 is 16.6. The van der Waals surface area contributed by atoms with Crippen LogP contribution in [0.5, 0.6) is 11.5 Å². The van der Waals surface area contributed by atoms with Crippen molar-refractivity contribution >= 4 is 5.78 Å². The zero-order chi connectivity index (χ0) is 18.7. The van der Waals surface area contributed by atoms with Gasteiger partial charge in [-0.3, -0.25) is 9.69 Å². The number of allylic oxidation sites excluding steroid dienone is 1. The molecule has 1 saturated heterocycles. The number of hydrogen-bond acceptors (Lipinski definition) is 6. The molecule has 0 radical (unpaired) electrons. The number of ketones is 1. The summed E-state index contributed by atoms with van der Waals surface area (Å²) in [5, 5.41) is 11.0. The van der Waals surface area contributed by atoms with Gasteiger partial charge in [0, 0.05) is 17.4 Å². The lowest BCUT2D eigenvalue weighted by Gasteiger charge is -2.55. The molecule has 3 aliphatic rings. The number of aryl methyl sites for hydroxylation is 1. The van der Waals surface area contributed by atoms with Crippen molar-refractivity contribution in [1.29, 1.82) is 0 Å². The number of hydrogen-bond donors (Lipinski definition) is 1. The highest BCUT2D eigenvalue weighted by molar-refractivity contribution is 5.97. The molecule has 1 aromatic carbocycles. The van der Waals surface area contributed by atoms with Gasteiger partial charge in [0.15, 0.2) is 17.3 Å². The Kier molecular flexibility index (Phi) is 3.74. The minimum atomic E-state index is -0.543. The summed E-state index contributed by atoms with van der Waals surface area (Å²) in [5.41, 5.74) is 0.875. The minimum absolute atomic E-state index is 0.0784. The fraction of sp³-hybridized carbons (Fsp3) is 0.550. The lowest BCUT2D eigenvalue weighted by atomic mass is 9.53. The summed E-state index contributed by atoms with van der Waals surface area (Å²) in [5.74, 6) is 1.40. The number of nitrogens with zero attached hydrogens (tertiary/aromatic N) is 1. The fourth-order valence-corrected chi connectivity index (χ4v) is 5.68. The first-order valence-corrected chi connectivity index (χ1v) is 8.93. The van der Waals surface area contributed by atoms with Crippen molar-refractivity contribution in [3.05, 3.63) is 34.8 Å². The number of ether oxygens (including phenoxy) is 3. The first kappa shape index (κ1) is 17.2. The maximum atomic E-state index is 13.0. The highest BCUT2D eigenvalue weighted by Crippen LogP contribution is 2.63. The molecule has 1 N–H and O–H groups in total. The van der Waals surface area contributed by atoms with Crippen LogP contribution in [0.15, 0.2) is 23.7 Å². The second-order valence-corrected chi connectivity index (χ2v) is 7.43. The summed E-state index contributed by atoms with van der Waals surface area (Å²) in [6.07, 6.45) is 2.66. The van der Waals surface area contributed by atoms with Crippen molar-refractivity contribution in [3.63, 3.8) is 0 Å². The number of aromatic hydroxyl groups is 1. The number of rotatable bonds is 3. The summed E-state index contributed by atoms with van der Waals surface area (Å²) >= 11 is 0. The molecule has 2 aliphatic carbocycles. The largest absolute Gasteiger partial charge is 0.504 e. The van der Waals surface area contributed by atoms with Gasteiger partial charge in [0.05, 0.1) is 26.9 Å². The predicted octanol–water partition coefficient (Wildman–Crippen LogP) is 2.14. The number of phenols is 1. The fourth-order valence-electron chi connectivity index (χ4n) is 5.68. The molecule has 0 spiro atoms. The first-order chi connectivity index (χ1) is 12.5. The highest BCUT2D eigenvalue weighted by Gasteiger charge is 2.68. The number of methoxy groups -OCH3 is 3. The van der Waals surface area contributed by atoms with Gasteiger partial charge in [-0.05, 0) is 44.5 Å². The van der Waals surface area contributed by atoms with Crippen LogP contribution >= 0.6 is 0 Å². The molecule has 0 saturated carbocycles. The Bertz CT molecular complexity index is 817. The molecule has 6 heteroatoms. The van der Waals surface area contributed by atoms with Crippen LogP contribution in [-0.2, 0) is 26.1 Å². The van der Waals surface area contributed by atoms with E-state index >= 15 is 0 Å². The molecule has 0 bridgehead atoms. The van der Waals surface area contributed by atoms with Gasteiger partial charge in [-0.2, -0.15) is 0 Å². The maximum absolute atomic E-state index is 13.0. The van der Waals surface area contributed by atoms with E-state index in [4.69, 9.17) is 14.2 Å². The van der Waals surface area contributed by atoms with Crippen molar-refractivity contribution in [2.45, 2.75) is 36.6 Å². The predicted molar refractivity (Wildman–Crippen MR) is 95.3 cm³/mol. The van der Waals surface area contributed by atoms with E-state index in [0.29, 0.717) is 23.7 Å². The molecule has 4 rings (SSSR count). The van der Waals surface area contributed by atoms with Gasteiger partial charge >= 0.3 is 0 Å². The molecule has 1 fully saturated rings. The summed E-state index contributed by atoms with van der Waals surface area (Å²) in [6, 6.07) is 3.81. The zero-order valence-corrected chi connectivity index (χ0v) is 15.7. The average molecular weight is 359 g/mol. The lowest BCUT2D eigenvalue weighted by Crippen LogP contribution is -2.62. The second kappa shape index (κ2) is 5.64. The van der Waals surface area contributed by atoms with Gasteiger partial charge in [0.1, 0.15) is 0 Å². The monoisotopic (exact) mass is 359 g/mol. The molecule has 0 aromatic heterocycles. The quantitative estimate of drug-likeness (QED) is 0.892. The molecule has 6 nitrogen and oxygen atoms in total. The lowest BCUT2D eigenvalue weighted by molar-refractivity contribution is -0.124. The number of carbonyl (C=O) groups excluding carboxylic acids is 1. The summed E-state index contributed by atoms with van der Waals surface area (Å²) in [4.78, 5) is 15.2. The maximum Gasteiger partial charge on any atom is 0.201 e. The molecular weight excluding hydrogens is 334 g/mol. The average Bonchev–Trinajstić information content (AvgIpc) is 2.93. The van der Waals surface area contributed by atoms with E-state index in [9.17, 15) is 9.90 Å². The van der Waals surface area contributed by atoms with Gasteiger partial charge < -0.3 is 19.3 Å². The summed E-state index contributed by atoms with van der Waals surface area (Å²) in [6.45, 7) is 0.813. The molecule has 1 aliphatic heterocycles. The van der Waals surface area contributed by atoms with Crippen LogP contribution in [0.4, 0.5) is 0 Å². The van der Waals surface area contributed by atoms with Crippen LogP contribution in [0, 0.1) is 0 Å². The van der Waals surface area contributed by atoms with Crippen LogP contribution < -0.4 is 4.74 Å². The molecule has 0 unspecified atom stereocenters. The van der Waals surface area contributed by atoms with Crippen molar-refractivity contribution in [2.24, 2.45) is 0 Å². The topological polar surface area (TPSA) is 68.2 Å². The van der Waals surface area contributed by atoms with E-state index < -0.39 is 11.0 Å². The van der Waals surface area contributed by atoms with E-state index in [1.807, 2.05) is 6.07 Å². The molecule has 2 atom stereocenters. The third-order valence-corrected chi connectivity index (χ3v) is 6.70. The van der Waals surface area contributed by atoms with Crippen LogP contribution in [-0.4, -0.2) is 56.3 Å². The molecule has 0 amide bonds. The number of phenolic OH excluding ortho intramolecular Hbond substituents is 1. The van der Waals surface area contributed by atoms with Gasteiger partial charge in [-0.1, -0.05) is 6.07 Å². The highest BCUT2D eigenvalue weighted by atomic mass is 16.5. The molecule has 1 aromatic rings. The Balaban J connectivity index is 2.07. The molecule has 26 heavy (non-hydrogen) atoms. The number of likely N-dealkylation sites (N-methyl/N-ethyl adjacent to an activating group) is 1. The number of carbonyl (C=O) groups is 1. The molecule has 140 valence electrons. The van der Waals surface area contributed by atoms with Crippen molar-refractivity contribution in [3.8, 4) is 11.5 Å². The molecule has 1 heterocycles. The molecular formula is C20H25NO5. The smallest absolute Gasteiger partial charge is 0.201 e. The number of Topliss-reactive ketones (excluding diaryl/α,β-unsaturated/α-hetero) is 1. The zero-order valence-electron chi connectivity index (χ0n) is 15.7. The van der Waals surface area contributed by atoms with Crippen molar-refractivity contribution < 1.29 is 24.1 Å². The Morgan fingerprint density at radius 2 is 1.88 bits per heavy atom. The van der Waals surface area contributed by atoms with E-state index in [1.54, 1.807) is 20.3 Å². The second-order valence-electron chi connectivity index (χ2n) is 7.43. The van der Waals surface area contributed by atoms with E-state index in [0.717, 1.165) is 36.9 Å². The van der Waals surface area contributed by atoms with Gasteiger partial charge in [0.2, 0.25) is 11.5 Å². The van der Waals surface area contributed by atoms with Crippen LogP contribution in [0.3, 0.4) is 0 Å². The van der Waals surface area contributed by atoms with E-state index in [1.165, 1.54) is 7.11 Å². The van der Waals surface area contributed by atoms with Gasteiger partial charge in [0.25, 0.3) is 0 Å². The first-order valence-electron chi connectivity index (χ1n) is 8.93. The van der Waals surface area contributed by atoms with Crippen molar-refractivity contribution in [2.75, 3.05) is 34.9 Å². The van der Waals surface area contributed by atoms with E-state index in [2.05, 4.69) is 11.9 Å². The van der Waals surface area contributed by atoms with E-state index in [-0.39, 0.29) is 11.5 Å². The standard InChI is InChI=1S/C20H25NO5/c1-21-10-9-19-11-13(22)17(25-3)18(26-4)20(19,21)8-7-12-5-6-14(24-2)16(23)15(12)19/h5-6,23H,7-11H2,1-4H3/t19-,20+/m0/s1. The van der Waals surface area contributed by atoms with Crippen molar-refractivity contribution in [1.82, 2.24) is 4.90 Å². The summed E-state index contributed by atoms with van der Waals surface area (Å²) in [7, 11) is 6.72. The third kappa shape index (κ3) is 1.78.